The van der Waals surface area contributed by atoms with Crippen molar-refractivity contribution in [3.63, 3.8) is 0 Å². The number of ether oxygens (including phenoxy) is 1. The predicted octanol–water partition coefficient (Wildman–Crippen LogP) is 2.38. The van der Waals surface area contributed by atoms with Crippen LogP contribution in [0.2, 0.25) is 0 Å². The summed E-state index contributed by atoms with van der Waals surface area (Å²) >= 11 is 0. The Kier molecular flexibility index (Phi) is 4.17. The average molecular weight is 330 g/mol. The lowest BCUT2D eigenvalue weighted by Crippen LogP contribution is -3.19. The molecule has 24 heavy (non-hydrogen) atoms. The van der Waals surface area contributed by atoms with Crippen LogP contribution in [0.1, 0.15) is 37.9 Å². The summed E-state index contributed by atoms with van der Waals surface area (Å²) in [6, 6.07) is 7.85. The van der Waals surface area contributed by atoms with E-state index in [-0.39, 0.29) is 6.04 Å². The van der Waals surface area contributed by atoms with Crippen molar-refractivity contribution >= 4 is 10.9 Å². The summed E-state index contributed by atoms with van der Waals surface area (Å²) in [5, 5.41) is 0.943. The van der Waals surface area contributed by atoms with Gasteiger partial charge in [-0.15, -0.1) is 0 Å². The van der Waals surface area contributed by atoms with Crippen LogP contribution in [0.5, 0.6) is 5.75 Å². The maximum Gasteiger partial charge on any atom is 0.211 e. The van der Waals surface area contributed by atoms with Gasteiger partial charge in [-0.05, 0) is 24.5 Å². The maximum absolute atomic E-state index is 15.6. The van der Waals surface area contributed by atoms with Gasteiger partial charge in [-0.2, -0.15) is 0 Å². The number of hydrogen-bond acceptors (Lipinski definition) is 1. The molecule has 1 aromatic heterocycles. The second-order valence-corrected chi connectivity index (χ2v) is 7.42. The number of pyridine rings is 1. The molecule has 3 aliphatic heterocycles. The highest BCUT2D eigenvalue weighted by molar-refractivity contribution is 5.81. The fourth-order valence-electron chi connectivity index (χ4n) is 4.94. The number of hydrogen-bond donors (Lipinski definition) is 1. The number of nitrogens with one attached hydrogen (secondary N) is 2. The number of H-pyrrole nitrogens is 1. The lowest BCUT2D eigenvalue weighted by molar-refractivity contribution is -0.950. The number of piperidine rings is 3. The lowest BCUT2D eigenvalue weighted by atomic mass is 9.73. The topological polar surface area (TPSA) is 27.8 Å². The lowest BCUT2D eigenvalue weighted by Gasteiger charge is -2.47. The molecular weight excluding hydrogens is 303 g/mol. The average Bonchev–Trinajstić information content (AvgIpc) is 2.66. The SMILES string of the molecule is CC[C@H]1C[NH+]2CC[C@H]1C[C@@H]2[C@H](F)c1cc[nH+]c2ccc(OC)cc12. The van der Waals surface area contributed by atoms with Crippen LogP contribution in [-0.4, -0.2) is 26.2 Å². The summed E-state index contributed by atoms with van der Waals surface area (Å²) in [4.78, 5) is 4.69. The Morgan fingerprint density at radius 3 is 2.96 bits per heavy atom. The number of benzene rings is 1. The molecule has 3 saturated heterocycles. The van der Waals surface area contributed by atoms with Crippen molar-refractivity contribution < 1.29 is 19.0 Å². The highest BCUT2D eigenvalue weighted by atomic mass is 19.1. The zero-order valence-corrected chi connectivity index (χ0v) is 14.5. The monoisotopic (exact) mass is 330 g/mol. The number of halogens is 1. The highest BCUT2D eigenvalue weighted by Gasteiger charge is 2.46. The van der Waals surface area contributed by atoms with Gasteiger partial charge in [0.05, 0.1) is 25.6 Å². The number of aromatic amines is 1. The second-order valence-electron chi connectivity index (χ2n) is 7.42. The van der Waals surface area contributed by atoms with Gasteiger partial charge in [0.25, 0.3) is 0 Å². The largest absolute Gasteiger partial charge is 0.497 e. The van der Waals surface area contributed by atoms with E-state index in [0.29, 0.717) is 5.92 Å². The summed E-state index contributed by atoms with van der Waals surface area (Å²) < 4.78 is 20.9. The molecule has 5 atom stereocenters. The van der Waals surface area contributed by atoms with Crippen LogP contribution >= 0.6 is 0 Å². The molecule has 128 valence electrons. The number of rotatable bonds is 4. The van der Waals surface area contributed by atoms with Gasteiger partial charge >= 0.3 is 0 Å². The molecule has 3 fully saturated rings. The van der Waals surface area contributed by atoms with E-state index in [1.807, 2.05) is 30.5 Å². The summed E-state index contributed by atoms with van der Waals surface area (Å²) in [6.07, 6.45) is 4.48. The molecular formula is C20H27FN2O+2. The molecule has 3 nitrogen and oxygen atoms in total. The molecule has 2 aromatic rings. The molecule has 0 aliphatic carbocycles. The summed E-state index contributed by atoms with van der Waals surface area (Å²) in [5.74, 6) is 2.28. The number of alkyl halides is 1. The van der Waals surface area contributed by atoms with Gasteiger partial charge in [-0.1, -0.05) is 6.92 Å². The Labute approximate surface area is 142 Å². The van der Waals surface area contributed by atoms with Crippen LogP contribution < -0.4 is 14.6 Å². The van der Waals surface area contributed by atoms with Gasteiger partial charge in [0, 0.05) is 36.5 Å². The highest BCUT2D eigenvalue weighted by Crippen LogP contribution is 2.36. The van der Waals surface area contributed by atoms with E-state index < -0.39 is 6.17 Å². The minimum atomic E-state index is -0.912. The minimum Gasteiger partial charge on any atom is -0.497 e. The molecule has 1 unspecified atom stereocenters. The molecule has 0 spiro atoms. The molecule has 0 radical (unpaired) electrons. The Bertz CT molecular complexity index is 735. The molecule has 1 aromatic carbocycles. The normalized spacial score (nSPS) is 30.5. The van der Waals surface area contributed by atoms with Crippen molar-refractivity contribution in [3.05, 3.63) is 36.0 Å². The first kappa shape index (κ1) is 15.8. The Balaban J connectivity index is 1.68. The zero-order valence-electron chi connectivity index (χ0n) is 14.5. The number of methoxy groups -OCH3 is 1. The van der Waals surface area contributed by atoms with Crippen molar-refractivity contribution in [3.8, 4) is 5.75 Å². The van der Waals surface area contributed by atoms with Gasteiger partial charge in [-0.3, -0.25) is 0 Å². The fourth-order valence-corrected chi connectivity index (χ4v) is 4.94. The van der Waals surface area contributed by atoms with E-state index in [1.54, 1.807) is 7.11 Å². The first-order valence-electron chi connectivity index (χ1n) is 9.18. The summed E-state index contributed by atoms with van der Waals surface area (Å²) in [5.41, 5.74) is 1.77. The summed E-state index contributed by atoms with van der Waals surface area (Å²) in [7, 11) is 1.65. The van der Waals surface area contributed by atoms with E-state index in [4.69, 9.17) is 4.74 Å². The van der Waals surface area contributed by atoms with E-state index in [2.05, 4.69) is 11.9 Å². The first-order chi connectivity index (χ1) is 11.7. The van der Waals surface area contributed by atoms with Gasteiger partial charge in [0.2, 0.25) is 5.52 Å². The van der Waals surface area contributed by atoms with Crippen LogP contribution in [0.25, 0.3) is 10.9 Å². The van der Waals surface area contributed by atoms with Crippen LogP contribution in [0.15, 0.2) is 30.5 Å². The number of quaternary nitrogens is 1. The van der Waals surface area contributed by atoms with Crippen LogP contribution in [0.3, 0.4) is 0 Å². The molecule has 5 rings (SSSR count). The molecule has 2 N–H and O–H groups in total. The van der Waals surface area contributed by atoms with Crippen LogP contribution in [0.4, 0.5) is 4.39 Å². The molecule has 0 saturated carbocycles. The van der Waals surface area contributed by atoms with Crippen molar-refractivity contribution in [2.24, 2.45) is 11.8 Å². The van der Waals surface area contributed by atoms with E-state index in [9.17, 15) is 0 Å². The van der Waals surface area contributed by atoms with Crippen molar-refractivity contribution in [2.45, 2.75) is 38.4 Å². The smallest absolute Gasteiger partial charge is 0.211 e. The second kappa shape index (κ2) is 6.32. The van der Waals surface area contributed by atoms with Gasteiger partial charge in [0.15, 0.2) is 12.4 Å². The van der Waals surface area contributed by atoms with Gasteiger partial charge < -0.3 is 9.64 Å². The van der Waals surface area contributed by atoms with E-state index in [0.717, 1.165) is 47.6 Å². The molecule has 4 heterocycles. The number of aromatic nitrogens is 1. The number of fused-ring (bicyclic) bond motifs is 4. The van der Waals surface area contributed by atoms with Crippen LogP contribution in [-0.2, 0) is 0 Å². The maximum atomic E-state index is 15.6. The van der Waals surface area contributed by atoms with E-state index >= 15 is 4.39 Å². The third-order valence-corrected chi connectivity index (χ3v) is 6.32. The predicted molar refractivity (Wildman–Crippen MR) is 91.9 cm³/mol. The van der Waals surface area contributed by atoms with E-state index in [1.165, 1.54) is 17.7 Å². The molecule has 3 aliphatic rings. The minimum absolute atomic E-state index is 0.100. The third-order valence-electron chi connectivity index (χ3n) is 6.32. The zero-order chi connectivity index (χ0) is 16.7. The van der Waals surface area contributed by atoms with Crippen molar-refractivity contribution in [2.75, 3.05) is 20.2 Å². The molecule has 2 bridgehead atoms. The third kappa shape index (κ3) is 2.57. The van der Waals surface area contributed by atoms with Gasteiger partial charge in [0.1, 0.15) is 11.8 Å². The first-order valence-corrected chi connectivity index (χ1v) is 9.18. The van der Waals surface area contributed by atoms with Gasteiger partial charge in [-0.25, -0.2) is 9.37 Å². The van der Waals surface area contributed by atoms with Crippen LogP contribution in [0, 0.1) is 11.8 Å². The standard InChI is InChI=1S/C20H25FN2O/c1-3-13-12-23-9-7-14(13)10-19(23)20(21)16-6-8-22-18-5-4-15(24-2)11-17(16)18/h4-6,8,11,13-14,19-20H,3,7,9-10,12H2,1-2H3/p+2/t13-,14-,19+,20+/m0/s1. The van der Waals surface area contributed by atoms with Crippen molar-refractivity contribution in [1.29, 1.82) is 0 Å². The Morgan fingerprint density at radius 2 is 2.25 bits per heavy atom. The molecule has 0 amide bonds. The Morgan fingerprint density at radius 1 is 1.38 bits per heavy atom. The quantitative estimate of drug-likeness (QED) is 0.916. The fraction of sp³-hybridized carbons (Fsp3) is 0.550. The van der Waals surface area contributed by atoms with Crippen molar-refractivity contribution in [1.82, 2.24) is 0 Å². The summed E-state index contributed by atoms with van der Waals surface area (Å²) in [6.45, 7) is 4.56. The Hall–Kier alpha value is -1.68. The molecule has 4 heteroatoms.